The summed E-state index contributed by atoms with van der Waals surface area (Å²) in [7, 11) is -3.83. The summed E-state index contributed by atoms with van der Waals surface area (Å²) in [5, 5.41) is 0.626. The van der Waals surface area contributed by atoms with Gasteiger partial charge in [-0.3, -0.25) is 4.72 Å². The van der Waals surface area contributed by atoms with E-state index in [9.17, 15) is 8.42 Å². The van der Waals surface area contributed by atoms with Crippen molar-refractivity contribution in [3.8, 4) is 0 Å². The predicted octanol–water partition coefficient (Wildman–Crippen LogP) is 3.84. The van der Waals surface area contributed by atoms with Crippen LogP contribution < -0.4 is 4.72 Å². The number of nitrogens with one attached hydrogen (secondary N) is 1. The van der Waals surface area contributed by atoms with Crippen molar-refractivity contribution >= 4 is 50.5 Å². The van der Waals surface area contributed by atoms with E-state index in [1.165, 1.54) is 36.5 Å². The van der Waals surface area contributed by atoms with Crippen LogP contribution in [0.15, 0.2) is 41.4 Å². The molecular weight excluding hydrogens is 331 g/mol. The highest BCUT2D eigenvalue weighted by Crippen LogP contribution is 2.26. The van der Waals surface area contributed by atoms with E-state index in [2.05, 4.69) is 9.71 Å². The third-order valence-corrected chi connectivity index (χ3v) is 4.48. The normalized spacial score (nSPS) is 11.3. The van der Waals surface area contributed by atoms with E-state index in [4.69, 9.17) is 34.8 Å². The molecule has 1 N–H and O–H groups in total. The van der Waals surface area contributed by atoms with Crippen LogP contribution in [0.2, 0.25) is 15.2 Å². The molecule has 0 bridgehead atoms. The molecule has 0 aliphatic rings. The Labute approximate surface area is 125 Å². The third kappa shape index (κ3) is 3.51. The van der Waals surface area contributed by atoms with E-state index in [1.807, 2.05) is 0 Å². The topological polar surface area (TPSA) is 59.1 Å². The molecule has 0 atom stereocenters. The zero-order valence-corrected chi connectivity index (χ0v) is 12.4. The second-order valence-electron chi connectivity index (χ2n) is 3.55. The van der Waals surface area contributed by atoms with Crippen LogP contribution in [0.25, 0.3) is 0 Å². The molecule has 2 aromatic rings. The fourth-order valence-electron chi connectivity index (χ4n) is 1.33. The maximum atomic E-state index is 12.1. The fraction of sp³-hybridized carbons (Fsp3) is 0. The summed E-state index contributed by atoms with van der Waals surface area (Å²) >= 11 is 17.2. The molecule has 0 radical (unpaired) electrons. The summed E-state index contributed by atoms with van der Waals surface area (Å²) in [5.41, 5.74) is 0.278. The van der Waals surface area contributed by atoms with Gasteiger partial charge in [-0.2, -0.15) is 0 Å². The minimum atomic E-state index is -3.83. The zero-order valence-electron chi connectivity index (χ0n) is 9.27. The van der Waals surface area contributed by atoms with Gasteiger partial charge < -0.3 is 0 Å². The van der Waals surface area contributed by atoms with Gasteiger partial charge >= 0.3 is 0 Å². The lowest BCUT2D eigenvalue weighted by Gasteiger charge is -2.09. The largest absolute Gasteiger partial charge is 0.278 e. The van der Waals surface area contributed by atoms with Crippen LogP contribution in [0.4, 0.5) is 5.69 Å². The SMILES string of the molecule is O=S(=O)(Nc1ccc(Cl)nc1)c1cc(Cl)ccc1Cl. The highest BCUT2D eigenvalue weighted by molar-refractivity contribution is 7.92. The van der Waals surface area contributed by atoms with Crippen LogP contribution >= 0.6 is 34.8 Å². The van der Waals surface area contributed by atoms with Gasteiger partial charge in [-0.25, -0.2) is 13.4 Å². The monoisotopic (exact) mass is 336 g/mol. The van der Waals surface area contributed by atoms with Gasteiger partial charge in [0, 0.05) is 5.02 Å². The number of nitrogens with zero attached hydrogens (tertiary/aromatic N) is 1. The van der Waals surface area contributed by atoms with Crippen molar-refractivity contribution in [1.82, 2.24) is 4.98 Å². The van der Waals surface area contributed by atoms with Crippen molar-refractivity contribution in [1.29, 1.82) is 0 Å². The van der Waals surface area contributed by atoms with E-state index >= 15 is 0 Å². The molecule has 1 aromatic heterocycles. The van der Waals surface area contributed by atoms with E-state index in [1.54, 1.807) is 0 Å². The van der Waals surface area contributed by atoms with E-state index < -0.39 is 10.0 Å². The first-order valence-corrected chi connectivity index (χ1v) is 7.59. The van der Waals surface area contributed by atoms with Crippen LogP contribution in [-0.2, 0) is 10.0 Å². The first kappa shape index (κ1) is 14.4. The molecule has 0 amide bonds. The molecule has 0 fully saturated rings. The maximum Gasteiger partial charge on any atom is 0.263 e. The second-order valence-corrected chi connectivity index (χ2v) is 6.43. The molecule has 0 aliphatic heterocycles. The summed E-state index contributed by atoms with van der Waals surface area (Å²) in [5.74, 6) is 0. The number of rotatable bonds is 3. The smallest absolute Gasteiger partial charge is 0.263 e. The molecule has 0 saturated heterocycles. The molecule has 8 heteroatoms. The number of anilines is 1. The van der Waals surface area contributed by atoms with Crippen molar-refractivity contribution in [3.05, 3.63) is 51.7 Å². The number of pyridine rings is 1. The average Bonchev–Trinajstić information content (AvgIpc) is 2.35. The molecule has 0 aliphatic carbocycles. The van der Waals surface area contributed by atoms with Crippen LogP contribution in [-0.4, -0.2) is 13.4 Å². The van der Waals surface area contributed by atoms with Crippen molar-refractivity contribution in [2.45, 2.75) is 4.90 Å². The number of aromatic nitrogens is 1. The summed E-state index contributed by atoms with van der Waals surface area (Å²) in [6.07, 6.45) is 1.30. The minimum Gasteiger partial charge on any atom is -0.278 e. The van der Waals surface area contributed by atoms with Gasteiger partial charge in [0.25, 0.3) is 10.0 Å². The lowest BCUT2D eigenvalue weighted by Crippen LogP contribution is -2.13. The lowest BCUT2D eigenvalue weighted by molar-refractivity contribution is 0.601. The first-order valence-electron chi connectivity index (χ1n) is 4.98. The van der Waals surface area contributed by atoms with Crippen LogP contribution in [0.5, 0.6) is 0 Å². The van der Waals surface area contributed by atoms with Crippen molar-refractivity contribution in [3.63, 3.8) is 0 Å². The molecule has 4 nitrogen and oxygen atoms in total. The summed E-state index contributed by atoms with van der Waals surface area (Å²) < 4.78 is 26.6. The molecule has 100 valence electrons. The van der Waals surface area contributed by atoms with Gasteiger partial charge in [-0.15, -0.1) is 0 Å². The fourth-order valence-corrected chi connectivity index (χ4v) is 3.25. The Bertz CT molecular complexity index is 702. The van der Waals surface area contributed by atoms with Crippen molar-refractivity contribution in [2.24, 2.45) is 0 Å². The average molecular weight is 338 g/mol. The number of halogens is 3. The van der Waals surface area contributed by atoms with E-state index in [-0.39, 0.29) is 25.8 Å². The molecule has 2 rings (SSSR count). The molecule has 0 unspecified atom stereocenters. The Kier molecular flexibility index (Phi) is 4.20. The first-order chi connectivity index (χ1) is 8.88. The van der Waals surface area contributed by atoms with Gasteiger partial charge in [-0.05, 0) is 30.3 Å². The molecule has 1 heterocycles. The van der Waals surface area contributed by atoms with Crippen LogP contribution in [0, 0.1) is 0 Å². The molecule has 0 saturated carbocycles. The zero-order chi connectivity index (χ0) is 14.0. The minimum absolute atomic E-state index is 0.0822. The van der Waals surface area contributed by atoms with Gasteiger partial charge in [0.1, 0.15) is 10.0 Å². The highest BCUT2D eigenvalue weighted by atomic mass is 35.5. The van der Waals surface area contributed by atoms with Crippen LogP contribution in [0.3, 0.4) is 0 Å². The van der Waals surface area contributed by atoms with Gasteiger partial charge in [0.2, 0.25) is 0 Å². The Balaban J connectivity index is 2.37. The van der Waals surface area contributed by atoms with Crippen LogP contribution in [0.1, 0.15) is 0 Å². The maximum absolute atomic E-state index is 12.1. The van der Waals surface area contributed by atoms with Gasteiger partial charge in [0.15, 0.2) is 0 Å². The molecular formula is C11H7Cl3N2O2S. The summed E-state index contributed by atoms with van der Waals surface area (Å²) in [6.45, 7) is 0. The van der Waals surface area contributed by atoms with Crippen molar-refractivity contribution in [2.75, 3.05) is 4.72 Å². The summed E-state index contributed by atoms with van der Waals surface area (Å²) in [4.78, 5) is 3.68. The number of sulfonamides is 1. The number of hydrogen-bond donors (Lipinski definition) is 1. The number of benzene rings is 1. The van der Waals surface area contributed by atoms with E-state index in [0.717, 1.165) is 0 Å². The van der Waals surface area contributed by atoms with E-state index in [0.29, 0.717) is 0 Å². The standard InChI is InChI=1S/C11H7Cl3N2O2S/c12-7-1-3-9(13)10(5-7)19(17,18)16-8-2-4-11(14)15-6-8/h1-6,16H. The van der Waals surface area contributed by atoms with Gasteiger partial charge in [0.05, 0.1) is 16.9 Å². The molecule has 19 heavy (non-hydrogen) atoms. The molecule has 1 aromatic carbocycles. The third-order valence-electron chi connectivity index (χ3n) is 2.16. The second kappa shape index (κ2) is 5.54. The Hall–Kier alpha value is -1.01. The summed E-state index contributed by atoms with van der Waals surface area (Å²) in [6, 6.07) is 7.16. The quantitative estimate of drug-likeness (QED) is 0.866. The number of hydrogen-bond acceptors (Lipinski definition) is 3. The lowest BCUT2D eigenvalue weighted by atomic mass is 10.4. The molecule has 0 spiro atoms. The Morgan fingerprint density at radius 3 is 2.42 bits per heavy atom. The predicted molar refractivity (Wildman–Crippen MR) is 76.5 cm³/mol. The van der Waals surface area contributed by atoms with Crippen molar-refractivity contribution < 1.29 is 8.42 Å². The Morgan fingerprint density at radius 1 is 1.05 bits per heavy atom. The van der Waals surface area contributed by atoms with Gasteiger partial charge in [-0.1, -0.05) is 34.8 Å². The highest BCUT2D eigenvalue weighted by Gasteiger charge is 2.18. The Morgan fingerprint density at radius 2 is 1.79 bits per heavy atom.